The van der Waals surface area contributed by atoms with Crippen molar-refractivity contribution < 1.29 is 9.15 Å². The quantitative estimate of drug-likeness (QED) is 0.876. The van der Waals surface area contributed by atoms with Gasteiger partial charge in [0.1, 0.15) is 5.76 Å². The number of hydrogen-bond acceptors (Lipinski definition) is 4. The largest absolute Gasteiger partial charge is 0.468 e. The molecule has 2 saturated heterocycles. The maximum Gasteiger partial charge on any atom is 0.117 e. The zero-order valence-corrected chi connectivity index (χ0v) is 14.1. The van der Waals surface area contributed by atoms with E-state index >= 15 is 0 Å². The van der Waals surface area contributed by atoms with Crippen LogP contribution in [-0.4, -0.2) is 43.3 Å². The second kappa shape index (κ2) is 6.73. The van der Waals surface area contributed by atoms with Crippen LogP contribution in [-0.2, 0) is 11.3 Å². The molecule has 0 aromatic carbocycles. The highest BCUT2D eigenvalue weighted by Gasteiger charge is 2.41. The summed E-state index contributed by atoms with van der Waals surface area (Å²) in [5.41, 5.74) is 0.309. The highest BCUT2D eigenvalue weighted by molar-refractivity contribution is 4.99. The van der Waals surface area contributed by atoms with Crippen molar-refractivity contribution in [3.05, 3.63) is 24.2 Å². The lowest BCUT2D eigenvalue weighted by atomic mass is 9.73. The van der Waals surface area contributed by atoms with Crippen molar-refractivity contribution in [2.75, 3.05) is 32.8 Å². The maximum absolute atomic E-state index is 5.97. The van der Waals surface area contributed by atoms with E-state index in [2.05, 4.69) is 24.1 Å². The Bertz CT molecular complexity index is 452. The Labute approximate surface area is 134 Å². The molecule has 2 fully saturated rings. The summed E-state index contributed by atoms with van der Waals surface area (Å²) in [6, 6.07) is 3.99. The molecule has 3 heterocycles. The molecule has 0 spiro atoms. The molecular weight excluding hydrogens is 276 g/mol. The summed E-state index contributed by atoms with van der Waals surface area (Å²) in [6.07, 6.45) is 6.74. The molecule has 2 aliphatic rings. The first-order chi connectivity index (χ1) is 10.6. The second-order valence-electron chi connectivity index (χ2n) is 7.70. The average molecular weight is 306 g/mol. The normalized spacial score (nSPS) is 29.0. The van der Waals surface area contributed by atoms with Crippen LogP contribution in [0.3, 0.4) is 0 Å². The third-order valence-electron chi connectivity index (χ3n) is 5.06. The van der Waals surface area contributed by atoms with Crippen LogP contribution in [0.5, 0.6) is 0 Å². The number of hydrogen-bond donors (Lipinski definition) is 1. The van der Waals surface area contributed by atoms with Crippen LogP contribution < -0.4 is 5.32 Å². The minimum Gasteiger partial charge on any atom is -0.468 e. The van der Waals surface area contributed by atoms with Crippen molar-refractivity contribution >= 4 is 0 Å². The fourth-order valence-electron chi connectivity index (χ4n) is 4.21. The molecular formula is C18H30N2O2. The van der Waals surface area contributed by atoms with Crippen molar-refractivity contribution in [2.24, 2.45) is 5.41 Å². The molecule has 4 heteroatoms. The Morgan fingerprint density at radius 2 is 2.09 bits per heavy atom. The SMILES string of the molecule is CC1(C)C[C@@](CNCc2ccco2)(CN2CCCC2)CCO1. The fraction of sp³-hybridized carbons (Fsp3) is 0.778. The lowest BCUT2D eigenvalue weighted by molar-refractivity contribution is -0.110. The van der Waals surface area contributed by atoms with Crippen LogP contribution in [0.1, 0.15) is 45.3 Å². The maximum atomic E-state index is 5.97. The predicted molar refractivity (Wildman–Crippen MR) is 87.8 cm³/mol. The number of ether oxygens (including phenoxy) is 1. The third kappa shape index (κ3) is 4.12. The summed E-state index contributed by atoms with van der Waals surface area (Å²) < 4.78 is 11.4. The van der Waals surface area contributed by atoms with Gasteiger partial charge in [-0.05, 0) is 64.8 Å². The van der Waals surface area contributed by atoms with Gasteiger partial charge in [-0.2, -0.15) is 0 Å². The van der Waals surface area contributed by atoms with Gasteiger partial charge in [-0.25, -0.2) is 0 Å². The van der Waals surface area contributed by atoms with Crippen LogP contribution in [0, 0.1) is 5.41 Å². The van der Waals surface area contributed by atoms with Crippen LogP contribution in [0.25, 0.3) is 0 Å². The third-order valence-corrected chi connectivity index (χ3v) is 5.06. The first-order valence-electron chi connectivity index (χ1n) is 8.67. The molecule has 0 bridgehead atoms. The van der Waals surface area contributed by atoms with Gasteiger partial charge in [-0.15, -0.1) is 0 Å². The van der Waals surface area contributed by atoms with Crippen molar-refractivity contribution in [2.45, 2.75) is 51.7 Å². The molecule has 2 aliphatic heterocycles. The zero-order chi connectivity index (χ0) is 15.5. The van der Waals surface area contributed by atoms with E-state index < -0.39 is 0 Å². The van der Waals surface area contributed by atoms with E-state index in [9.17, 15) is 0 Å². The molecule has 0 saturated carbocycles. The standard InChI is InChI=1S/C18H30N2O2/c1-17(2)13-18(7-11-22-17,15-20-8-3-4-9-20)14-19-12-16-6-5-10-21-16/h5-6,10,19H,3-4,7-9,11-15H2,1-2H3/t18-/m0/s1. The monoisotopic (exact) mass is 306 g/mol. The van der Waals surface area contributed by atoms with Crippen LogP contribution in [0.4, 0.5) is 0 Å². The molecule has 0 radical (unpaired) electrons. The molecule has 1 aromatic rings. The molecule has 0 amide bonds. The molecule has 1 atom stereocenters. The Morgan fingerprint density at radius 3 is 2.77 bits per heavy atom. The Morgan fingerprint density at radius 1 is 1.27 bits per heavy atom. The van der Waals surface area contributed by atoms with Crippen molar-refractivity contribution in [1.29, 1.82) is 0 Å². The summed E-state index contributed by atoms with van der Waals surface area (Å²) in [4.78, 5) is 2.65. The van der Waals surface area contributed by atoms with Crippen LogP contribution in [0.2, 0.25) is 0 Å². The van der Waals surface area contributed by atoms with Crippen molar-refractivity contribution in [3.63, 3.8) is 0 Å². The molecule has 0 aliphatic carbocycles. The molecule has 1 N–H and O–H groups in total. The van der Waals surface area contributed by atoms with E-state index in [0.29, 0.717) is 5.41 Å². The van der Waals surface area contributed by atoms with Gasteiger partial charge in [-0.1, -0.05) is 0 Å². The predicted octanol–water partition coefficient (Wildman–Crippen LogP) is 3.04. The van der Waals surface area contributed by atoms with E-state index in [-0.39, 0.29) is 5.60 Å². The number of nitrogens with one attached hydrogen (secondary N) is 1. The van der Waals surface area contributed by atoms with E-state index in [1.807, 2.05) is 12.1 Å². The Kier molecular flexibility index (Phi) is 4.91. The van der Waals surface area contributed by atoms with Crippen LogP contribution >= 0.6 is 0 Å². The second-order valence-corrected chi connectivity index (χ2v) is 7.70. The topological polar surface area (TPSA) is 37.6 Å². The van der Waals surface area contributed by atoms with Gasteiger partial charge in [0.2, 0.25) is 0 Å². The fourth-order valence-corrected chi connectivity index (χ4v) is 4.21. The zero-order valence-electron chi connectivity index (χ0n) is 14.1. The summed E-state index contributed by atoms with van der Waals surface area (Å²) in [7, 11) is 0. The van der Waals surface area contributed by atoms with Gasteiger partial charge < -0.3 is 19.4 Å². The van der Waals surface area contributed by atoms with Gasteiger partial charge in [0.15, 0.2) is 0 Å². The van der Waals surface area contributed by atoms with Gasteiger partial charge in [-0.3, -0.25) is 0 Å². The highest BCUT2D eigenvalue weighted by Crippen LogP contribution is 2.39. The summed E-state index contributed by atoms with van der Waals surface area (Å²) >= 11 is 0. The number of likely N-dealkylation sites (tertiary alicyclic amines) is 1. The van der Waals surface area contributed by atoms with E-state index in [4.69, 9.17) is 9.15 Å². The van der Waals surface area contributed by atoms with Gasteiger partial charge in [0, 0.05) is 25.1 Å². The molecule has 22 heavy (non-hydrogen) atoms. The molecule has 1 aromatic heterocycles. The summed E-state index contributed by atoms with van der Waals surface area (Å²) in [5, 5.41) is 3.63. The van der Waals surface area contributed by atoms with Gasteiger partial charge >= 0.3 is 0 Å². The number of furan rings is 1. The van der Waals surface area contributed by atoms with E-state index in [0.717, 1.165) is 38.3 Å². The number of rotatable bonds is 6. The van der Waals surface area contributed by atoms with E-state index in [1.54, 1.807) is 6.26 Å². The highest BCUT2D eigenvalue weighted by atomic mass is 16.5. The van der Waals surface area contributed by atoms with Crippen molar-refractivity contribution in [3.8, 4) is 0 Å². The lowest BCUT2D eigenvalue weighted by Crippen LogP contribution is -2.51. The first kappa shape index (κ1) is 16.0. The molecule has 0 unspecified atom stereocenters. The van der Waals surface area contributed by atoms with Crippen molar-refractivity contribution in [1.82, 2.24) is 10.2 Å². The molecule has 3 rings (SSSR count). The minimum atomic E-state index is -0.00959. The summed E-state index contributed by atoms with van der Waals surface area (Å²) in [6.45, 7) is 10.9. The van der Waals surface area contributed by atoms with Crippen LogP contribution in [0.15, 0.2) is 22.8 Å². The van der Waals surface area contributed by atoms with Gasteiger partial charge in [0.25, 0.3) is 0 Å². The minimum absolute atomic E-state index is 0.00959. The lowest BCUT2D eigenvalue weighted by Gasteiger charge is -2.46. The Hall–Kier alpha value is -0.840. The van der Waals surface area contributed by atoms with E-state index in [1.165, 1.54) is 32.5 Å². The Balaban J connectivity index is 1.62. The van der Waals surface area contributed by atoms with Gasteiger partial charge in [0.05, 0.1) is 18.4 Å². The smallest absolute Gasteiger partial charge is 0.117 e. The molecule has 124 valence electrons. The summed E-state index contributed by atoms with van der Waals surface area (Å²) in [5.74, 6) is 1.02. The average Bonchev–Trinajstić information content (AvgIpc) is 3.11. The first-order valence-corrected chi connectivity index (χ1v) is 8.67. The number of nitrogens with zero attached hydrogens (tertiary/aromatic N) is 1. The molecule has 4 nitrogen and oxygen atoms in total.